The highest BCUT2D eigenvalue weighted by molar-refractivity contribution is 9.10. The van der Waals surface area contributed by atoms with E-state index < -0.39 is 0 Å². The molecule has 0 aromatic heterocycles. The number of nitrogens with zero attached hydrogens (tertiary/aromatic N) is 2. The van der Waals surface area contributed by atoms with Crippen LogP contribution in [0.3, 0.4) is 0 Å². The lowest BCUT2D eigenvalue weighted by Crippen LogP contribution is -2.37. The van der Waals surface area contributed by atoms with Gasteiger partial charge in [0.05, 0.1) is 36.6 Å². The quantitative estimate of drug-likeness (QED) is 0.682. The average molecular weight is 397 g/mol. The van der Waals surface area contributed by atoms with E-state index in [2.05, 4.69) is 20.8 Å². The van der Waals surface area contributed by atoms with Gasteiger partial charge in [0, 0.05) is 26.7 Å². The number of amides is 2. The van der Waals surface area contributed by atoms with E-state index in [0.29, 0.717) is 32.8 Å². The molecule has 2 amide bonds. The molecule has 7 heteroatoms. The molecule has 6 nitrogen and oxygen atoms in total. The molecule has 3 rings (SSSR count). The second-order valence-electron chi connectivity index (χ2n) is 6.20. The molecule has 2 heterocycles. The van der Waals surface area contributed by atoms with Crippen molar-refractivity contribution in [2.75, 3.05) is 40.5 Å². The van der Waals surface area contributed by atoms with E-state index in [9.17, 15) is 9.59 Å². The van der Waals surface area contributed by atoms with Crippen molar-refractivity contribution < 1.29 is 19.1 Å². The zero-order valence-electron chi connectivity index (χ0n) is 13.8. The maximum absolute atomic E-state index is 12.4. The van der Waals surface area contributed by atoms with Gasteiger partial charge < -0.3 is 9.47 Å². The van der Waals surface area contributed by atoms with E-state index in [1.165, 1.54) is 4.90 Å². The minimum atomic E-state index is -0.212. The van der Waals surface area contributed by atoms with Crippen LogP contribution in [0.5, 0.6) is 5.75 Å². The maximum Gasteiger partial charge on any atom is 0.234 e. The molecule has 2 aliphatic rings. The average Bonchev–Trinajstić information content (AvgIpc) is 3.06. The summed E-state index contributed by atoms with van der Waals surface area (Å²) in [6.45, 7) is 2.71. The van der Waals surface area contributed by atoms with Crippen molar-refractivity contribution in [3.05, 3.63) is 28.2 Å². The van der Waals surface area contributed by atoms with Gasteiger partial charge >= 0.3 is 0 Å². The lowest BCUT2D eigenvalue weighted by molar-refractivity contribution is -0.141. The number of hydrogen-bond donors (Lipinski definition) is 0. The van der Waals surface area contributed by atoms with Crippen LogP contribution in [0.1, 0.15) is 5.56 Å². The summed E-state index contributed by atoms with van der Waals surface area (Å²) in [7, 11) is 3.20. The second-order valence-corrected chi connectivity index (χ2v) is 7.05. The van der Waals surface area contributed by atoms with Gasteiger partial charge in [-0.05, 0) is 33.6 Å². The van der Waals surface area contributed by atoms with Crippen molar-refractivity contribution in [2.24, 2.45) is 11.8 Å². The fourth-order valence-corrected chi connectivity index (χ4v) is 4.08. The fourth-order valence-electron chi connectivity index (χ4n) is 3.49. The van der Waals surface area contributed by atoms with E-state index in [4.69, 9.17) is 9.47 Å². The third-order valence-electron chi connectivity index (χ3n) is 4.70. The van der Waals surface area contributed by atoms with Crippen molar-refractivity contribution >= 4 is 27.7 Å². The fraction of sp³-hybridized carbons (Fsp3) is 0.529. The molecule has 2 fully saturated rings. The highest BCUT2D eigenvalue weighted by atomic mass is 79.9. The van der Waals surface area contributed by atoms with Gasteiger partial charge in [0.2, 0.25) is 11.8 Å². The van der Waals surface area contributed by atoms with Crippen LogP contribution in [0, 0.1) is 11.8 Å². The zero-order chi connectivity index (χ0) is 17.3. The van der Waals surface area contributed by atoms with Crippen molar-refractivity contribution in [3.8, 4) is 5.75 Å². The molecule has 130 valence electrons. The van der Waals surface area contributed by atoms with E-state index >= 15 is 0 Å². The van der Waals surface area contributed by atoms with E-state index in [1.54, 1.807) is 14.2 Å². The lowest BCUT2D eigenvalue weighted by atomic mass is 10.00. The number of carbonyl (C=O) groups is 2. The van der Waals surface area contributed by atoms with Crippen LogP contribution in [0.25, 0.3) is 0 Å². The van der Waals surface area contributed by atoms with Crippen molar-refractivity contribution in [3.63, 3.8) is 0 Å². The number of imide groups is 1. The predicted octanol–water partition coefficient (Wildman–Crippen LogP) is 1.52. The minimum Gasteiger partial charge on any atom is -0.496 e. The van der Waals surface area contributed by atoms with Gasteiger partial charge in [-0.1, -0.05) is 6.07 Å². The standard InChI is InChI=1S/C17H21BrN2O4/c1-23-6-5-20-16(21)12-9-19(10-13(12)17(20)22)8-11-3-4-15(24-2)14(18)7-11/h3-4,7,12-13H,5-6,8-10H2,1-2H3/t12-,13+. The Balaban J connectivity index is 1.64. The third-order valence-corrected chi connectivity index (χ3v) is 5.32. The molecule has 1 aromatic rings. The topological polar surface area (TPSA) is 59.1 Å². The summed E-state index contributed by atoms with van der Waals surface area (Å²) in [5.74, 6) is 0.254. The Hall–Kier alpha value is -1.44. The number of methoxy groups -OCH3 is 2. The van der Waals surface area contributed by atoms with E-state index in [0.717, 1.165) is 15.8 Å². The van der Waals surface area contributed by atoms with E-state index in [-0.39, 0.29) is 23.7 Å². The summed E-state index contributed by atoms with van der Waals surface area (Å²) in [4.78, 5) is 28.4. The Kier molecular flexibility index (Phi) is 5.22. The maximum atomic E-state index is 12.4. The van der Waals surface area contributed by atoms with Crippen molar-refractivity contribution in [1.82, 2.24) is 9.80 Å². The Morgan fingerprint density at radius 2 is 1.83 bits per heavy atom. The molecule has 2 saturated heterocycles. The molecule has 0 aliphatic carbocycles. The number of rotatable bonds is 6. The first-order chi connectivity index (χ1) is 11.5. The molecule has 0 saturated carbocycles. The largest absolute Gasteiger partial charge is 0.496 e. The van der Waals surface area contributed by atoms with Gasteiger partial charge in [0.1, 0.15) is 5.75 Å². The Morgan fingerprint density at radius 3 is 2.38 bits per heavy atom. The van der Waals surface area contributed by atoms with Crippen LogP contribution < -0.4 is 4.74 Å². The molecular formula is C17H21BrN2O4. The predicted molar refractivity (Wildman–Crippen MR) is 91.5 cm³/mol. The zero-order valence-corrected chi connectivity index (χ0v) is 15.4. The van der Waals surface area contributed by atoms with Gasteiger partial charge in [-0.25, -0.2) is 0 Å². The highest BCUT2D eigenvalue weighted by Crippen LogP contribution is 2.34. The van der Waals surface area contributed by atoms with Gasteiger partial charge in [0.25, 0.3) is 0 Å². The number of carbonyl (C=O) groups excluding carboxylic acids is 2. The number of ether oxygens (including phenoxy) is 2. The lowest BCUT2D eigenvalue weighted by Gasteiger charge is -2.20. The number of likely N-dealkylation sites (tertiary alicyclic amines) is 2. The second kappa shape index (κ2) is 7.21. The first-order valence-electron chi connectivity index (χ1n) is 7.94. The molecule has 2 atom stereocenters. The van der Waals surface area contributed by atoms with Gasteiger partial charge in [0.15, 0.2) is 0 Å². The Morgan fingerprint density at radius 1 is 1.17 bits per heavy atom. The van der Waals surface area contributed by atoms with Crippen LogP contribution in [0.15, 0.2) is 22.7 Å². The number of hydrogen-bond acceptors (Lipinski definition) is 5. The van der Waals surface area contributed by atoms with E-state index in [1.807, 2.05) is 18.2 Å². The number of fused-ring (bicyclic) bond motifs is 1. The molecule has 24 heavy (non-hydrogen) atoms. The number of benzene rings is 1. The summed E-state index contributed by atoms with van der Waals surface area (Å²) >= 11 is 3.49. The molecule has 1 aromatic carbocycles. The molecule has 2 aliphatic heterocycles. The van der Waals surface area contributed by atoms with Crippen molar-refractivity contribution in [1.29, 1.82) is 0 Å². The monoisotopic (exact) mass is 396 g/mol. The summed E-state index contributed by atoms with van der Waals surface area (Å²) < 4.78 is 11.1. The van der Waals surface area contributed by atoms with Crippen LogP contribution in [-0.4, -0.2) is 62.1 Å². The summed E-state index contributed by atoms with van der Waals surface area (Å²) in [5, 5.41) is 0. The summed E-state index contributed by atoms with van der Waals surface area (Å²) in [6, 6.07) is 5.94. The van der Waals surface area contributed by atoms with Crippen LogP contribution in [0.2, 0.25) is 0 Å². The Labute approximate surface area is 149 Å². The summed E-state index contributed by atoms with van der Waals surface area (Å²) in [5.41, 5.74) is 1.12. The molecule has 0 N–H and O–H groups in total. The Bertz CT molecular complexity index is 627. The first kappa shape index (κ1) is 17.4. The van der Waals surface area contributed by atoms with Gasteiger partial charge in [-0.2, -0.15) is 0 Å². The molecule has 0 unspecified atom stereocenters. The number of halogens is 1. The molecule has 0 radical (unpaired) electrons. The summed E-state index contributed by atoms with van der Waals surface area (Å²) in [6.07, 6.45) is 0. The first-order valence-corrected chi connectivity index (χ1v) is 8.73. The minimum absolute atomic E-state index is 0.0551. The highest BCUT2D eigenvalue weighted by Gasteiger charge is 2.51. The van der Waals surface area contributed by atoms with Crippen LogP contribution in [0.4, 0.5) is 0 Å². The SMILES string of the molecule is COCCN1C(=O)[C@H]2CN(Cc3ccc(OC)c(Br)c3)C[C@H]2C1=O. The van der Waals surface area contributed by atoms with Crippen LogP contribution >= 0.6 is 15.9 Å². The molecular weight excluding hydrogens is 376 g/mol. The van der Waals surface area contributed by atoms with Gasteiger partial charge in [-0.15, -0.1) is 0 Å². The van der Waals surface area contributed by atoms with Crippen molar-refractivity contribution in [2.45, 2.75) is 6.54 Å². The smallest absolute Gasteiger partial charge is 0.234 e. The molecule has 0 bridgehead atoms. The van der Waals surface area contributed by atoms with Gasteiger partial charge in [-0.3, -0.25) is 19.4 Å². The third kappa shape index (κ3) is 3.20. The normalized spacial score (nSPS) is 23.9. The molecule has 0 spiro atoms. The van der Waals surface area contributed by atoms with Crippen LogP contribution in [-0.2, 0) is 20.9 Å².